The molecule has 0 bridgehead atoms. The van der Waals surface area contributed by atoms with Crippen molar-refractivity contribution in [1.82, 2.24) is 20.2 Å². The van der Waals surface area contributed by atoms with E-state index < -0.39 is 0 Å². The number of carbonyl (C=O) groups is 1. The van der Waals surface area contributed by atoms with Crippen molar-refractivity contribution in [3.05, 3.63) is 65.7 Å². The number of carbonyl (C=O) groups excluding carboxylic acids is 1. The maximum absolute atomic E-state index is 12.9. The summed E-state index contributed by atoms with van der Waals surface area (Å²) in [5.74, 6) is 0.451. The molecular weight excluding hydrogens is 337 g/mol. The van der Waals surface area contributed by atoms with E-state index in [2.05, 4.69) is 20.8 Å². The van der Waals surface area contributed by atoms with Gasteiger partial charge in [0.1, 0.15) is 18.2 Å². The van der Waals surface area contributed by atoms with Gasteiger partial charge in [-0.05, 0) is 66.7 Å². The number of benzene rings is 2. The van der Waals surface area contributed by atoms with E-state index in [-0.39, 0.29) is 24.4 Å². The van der Waals surface area contributed by atoms with Crippen molar-refractivity contribution in [3.8, 4) is 5.75 Å². The van der Waals surface area contributed by atoms with Gasteiger partial charge in [0.2, 0.25) is 0 Å². The SMILES string of the molecule is CC(C)n1nnnc1COc1cccc(C(=O)Nc2ccc(F)cc2)c1. The van der Waals surface area contributed by atoms with E-state index in [9.17, 15) is 9.18 Å². The van der Waals surface area contributed by atoms with Gasteiger partial charge in [0, 0.05) is 11.3 Å². The Morgan fingerprint density at radius 3 is 2.73 bits per heavy atom. The van der Waals surface area contributed by atoms with Gasteiger partial charge in [0.05, 0.1) is 6.04 Å². The Labute approximate surface area is 149 Å². The number of hydrogen-bond acceptors (Lipinski definition) is 5. The zero-order chi connectivity index (χ0) is 18.5. The molecule has 0 aliphatic rings. The first-order chi connectivity index (χ1) is 12.5. The predicted octanol–water partition coefficient (Wildman–Crippen LogP) is 3.22. The Morgan fingerprint density at radius 2 is 2.00 bits per heavy atom. The molecule has 1 aromatic heterocycles. The number of rotatable bonds is 6. The summed E-state index contributed by atoms with van der Waals surface area (Å²) >= 11 is 0. The van der Waals surface area contributed by atoms with Crippen molar-refractivity contribution in [1.29, 1.82) is 0 Å². The maximum Gasteiger partial charge on any atom is 0.255 e. The van der Waals surface area contributed by atoms with E-state index in [1.165, 1.54) is 24.3 Å². The number of hydrogen-bond donors (Lipinski definition) is 1. The Balaban J connectivity index is 1.66. The lowest BCUT2D eigenvalue weighted by Crippen LogP contribution is -2.13. The summed E-state index contributed by atoms with van der Waals surface area (Å²) in [5.41, 5.74) is 0.939. The molecule has 0 aliphatic carbocycles. The number of nitrogens with zero attached hydrogens (tertiary/aromatic N) is 4. The summed E-state index contributed by atoms with van der Waals surface area (Å²) in [6.45, 7) is 4.13. The average Bonchev–Trinajstić information content (AvgIpc) is 3.11. The molecule has 0 radical (unpaired) electrons. The van der Waals surface area contributed by atoms with Crippen molar-refractivity contribution in [2.45, 2.75) is 26.5 Å². The minimum absolute atomic E-state index is 0.122. The summed E-state index contributed by atoms with van der Waals surface area (Å²) in [6, 6.07) is 12.5. The molecule has 0 saturated carbocycles. The fourth-order valence-corrected chi connectivity index (χ4v) is 2.32. The van der Waals surface area contributed by atoms with Gasteiger partial charge in [-0.2, -0.15) is 0 Å². The van der Waals surface area contributed by atoms with Crippen molar-refractivity contribution >= 4 is 11.6 Å². The number of ether oxygens (including phenoxy) is 1. The highest BCUT2D eigenvalue weighted by Gasteiger charge is 2.11. The number of tetrazole rings is 1. The third kappa shape index (κ3) is 4.21. The second-order valence-electron chi connectivity index (χ2n) is 5.91. The molecule has 0 aliphatic heterocycles. The summed E-state index contributed by atoms with van der Waals surface area (Å²) in [4.78, 5) is 12.3. The normalized spacial score (nSPS) is 10.8. The fourth-order valence-electron chi connectivity index (χ4n) is 2.32. The molecular formula is C18H18FN5O2. The van der Waals surface area contributed by atoms with Gasteiger partial charge in [-0.25, -0.2) is 9.07 Å². The van der Waals surface area contributed by atoms with Crippen LogP contribution in [0.1, 0.15) is 36.1 Å². The molecule has 3 aromatic rings. The average molecular weight is 355 g/mol. The standard InChI is InChI=1S/C18H18FN5O2/c1-12(2)24-17(21-22-23-24)11-26-16-5-3-4-13(10-16)18(25)20-15-8-6-14(19)7-9-15/h3-10,12H,11H2,1-2H3,(H,20,25). The van der Waals surface area contributed by atoms with Crippen molar-refractivity contribution in [3.63, 3.8) is 0 Å². The molecule has 134 valence electrons. The second-order valence-corrected chi connectivity index (χ2v) is 5.91. The zero-order valence-electron chi connectivity index (χ0n) is 14.4. The Hall–Kier alpha value is -3.29. The second kappa shape index (κ2) is 7.73. The van der Waals surface area contributed by atoms with Crippen LogP contribution in [0.2, 0.25) is 0 Å². The van der Waals surface area contributed by atoms with Crippen molar-refractivity contribution in [2.24, 2.45) is 0 Å². The molecule has 0 fully saturated rings. The van der Waals surface area contributed by atoms with Gasteiger partial charge in [-0.1, -0.05) is 6.07 Å². The molecule has 2 aromatic carbocycles. The smallest absolute Gasteiger partial charge is 0.255 e. The lowest BCUT2D eigenvalue weighted by molar-refractivity contribution is 0.102. The highest BCUT2D eigenvalue weighted by Crippen LogP contribution is 2.17. The lowest BCUT2D eigenvalue weighted by Gasteiger charge is -2.10. The summed E-state index contributed by atoms with van der Waals surface area (Å²) in [5, 5.41) is 14.2. The molecule has 3 rings (SSSR count). The minimum Gasteiger partial charge on any atom is -0.486 e. The highest BCUT2D eigenvalue weighted by molar-refractivity contribution is 6.04. The van der Waals surface area contributed by atoms with E-state index >= 15 is 0 Å². The van der Waals surface area contributed by atoms with E-state index in [4.69, 9.17) is 4.74 Å². The number of halogens is 1. The molecule has 0 spiro atoms. The van der Waals surface area contributed by atoms with Gasteiger partial charge in [0.25, 0.3) is 5.91 Å². The van der Waals surface area contributed by atoms with Crippen molar-refractivity contribution < 1.29 is 13.9 Å². The lowest BCUT2D eigenvalue weighted by atomic mass is 10.2. The topological polar surface area (TPSA) is 81.9 Å². The van der Waals surface area contributed by atoms with Gasteiger partial charge in [-0.15, -0.1) is 5.10 Å². The van der Waals surface area contributed by atoms with E-state index in [1.54, 1.807) is 28.9 Å². The molecule has 0 atom stereocenters. The van der Waals surface area contributed by atoms with Crippen LogP contribution in [0.5, 0.6) is 5.75 Å². The van der Waals surface area contributed by atoms with E-state index in [0.29, 0.717) is 22.8 Å². The van der Waals surface area contributed by atoms with Crippen LogP contribution in [-0.4, -0.2) is 26.1 Å². The van der Waals surface area contributed by atoms with Gasteiger partial charge in [0.15, 0.2) is 5.82 Å². The monoisotopic (exact) mass is 355 g/mol. The molecule has 1 amide bonds. The first kappa shape index (κ1) is 17.5. The number of amides is 1. The summed E-state index contributed by atoms with van der Waals surface area (Å²) in [7, 11) is 0. The Morgan fingerprint density at radius 1 is 1.23 bits per heavy atom. The fraction of sp³-hybridized carbons (Fsp3) is 0.222. The molecule has 0 saturated heterocycles. The molecule has 26 heavy (non-hydrogen) atoms. The van der Waals surface area contributed by atoms with Crippen LogP contribution in [0, 0.1) is 5.82 Å². The number of aromatic nitrogens is 4. The first-order valence-corrected chi connectivity index (χ1v) is 8.09. The maximum atomic E-state index is 12.9. The van der Waals surface area contributed by atoms with Crippen LogP contribution in [0.4, 0.5) is 10.1 Å². The van der Waals surface area contributed by atoms with Crippen LogP contribution < -0.4 is 10.1 Å². The van der Waals surface area contributed by atoms with Gasteiger partial charge >= 0.3 is 0 Å². The van der Waals surface area contributed by atoms with E-state index in [0.717, 1.165) is 0 Å². The first-order valence-electron chi connectivity index (χ1n) is 8.09. The molecule has 8 heteroatoms. The Kier molecular flexibility index (Phi) is 5.21. The Bertz CT molecular complexity index is 893. The minimum atomic E-state index is -0.359. The number of nitrogens with one attached hydrogen (secondary N) is 1. The molecule has 0 unspecified atom stereocenters. The number of anilines is 1. The molecule has 1 N–H and O–H groups in total. The quantitative estimate of drug-likeness (QED) is 0.734. The summed E-state index contributed by atoms with van der Waals surface area (Å²) < 4.78 is 20.3. The van der Waals surface area contributed by atoms with E-state index in [1.807, 2.05) is 13.8 Å². The zero-order valence-corrected chi connectivity index (χ0v) is 14.4. The highest BCUT2D eigenvalue weighted by atomic mass is 19.1. The molecule has 1 heterocycles. The summed E-state index contributed by atoms with van der Waals surface area (Å²) in [6.07, 6.45) is 0. The van der Waals surface area contributed by atoms with Crippen LogP contribution in [0.15, 0.2) is 48.5 Å². The van der Waals surface area contributed by atoms with Crippen LogP contribution >= 0.6 is 0 Å². The largest absolute Gasteiger partial charge is 0.486 e. The predicted molar refractivity (Wildman–Crippen MR) is 93.3 cm³/mol. The molecule has 7 nitrogen and oxygen atoms in total. The van der Waals surface area contributed by atoms with Crippen molar-refractivity contribution in [2.75, 3.05) is 5.32 Å². The third-order valence-corrected chi connectivity index (χ3v) is 3.62. The van der Waals surface area contributed by atoms with Crippen LogP contribution in [-0.2, 0) is 6.61 Å². The van der Waals surface area contributed by atoms with Crippen LogP contribution in [0.25, 0.3) is 0 Å². The van der Waals surface area contributed by atoms with Gasteiger partial charge in [-0.3, -0.25) is 4.79 Å². The van der Waals surface area contributed by atoms with Gasteiger partial charge < -0.3 is 10.1 Å². The third-order valence-electron chi connectivity index (χ3n) is 3.62. The van der Waals surface area contributed by atoms with Crippen LogP contribution in [0.3, 0.4) is 0 Å².